The Hall–Kier alpha value is -2.59. The van der Waals surface area contributed by atoms with Crippen LogP contribution in [0.1, 0.15) is 20.8 Å². The molecule has 0 bridgehead atoms. The zero-order valence-corrected chi connectivity index (χ0v) is 14.1. The first kappa shape index (κ1) is 16.3. The van der Waals surface area contributed by atoms with Crippen LogP contribution in [0.2, 0.25) is 0 Å². The second-order valence-corrected chi connectivity index (χ2v) is 6.42. The predicted molar refractivity (Wildman–Crippen MR) is 97.6 cm³/mol. The van der Waals surface area contributed by atoms with E-state index in [1.165, 1.54) is 4.88 Å². The van der Waals surface area contributed by atoms with Gasteiger partial charge < -0.3 is 10.1 Å². The Morgan fingerprint density at radius 2 is 1.88 bits per heavy atom. The van der Waals surface area contributed by atoms with Crippen LogP contribution in [0.3, 0.4) is 0 Å². The van der Waals surface area contributed by atoms with Crippen molar-refractivity contribution < 1.29 is 9.53 Å². The number of rotatable bonds is 7. The summed E-state index contributed by atoms with van der Waals surface area (Å²) in [7, 11) is 0. The molecular weight excluding hydrogens is 318 g/mol. The van der Waals surface area contributed by atoms with Gasteiger partial charge in [0.1, 0.15) is 12.4 Å². The molecule has 2 aromatic carbocycles. The first-order chi connectivity index (χ1) is 11.8. The summed E-state index contributed by atoms with van der Waals surface area (Å²) in [5.74, 6) is 0.626. The van der Waals surface area contributed by atoms with Gasteiger partial charge in [-0.15, -0.1) is 11.3 Å². The standard InChI is InChI=1S/C20H19NO2S/c22-20(21-12-11-19-10-5-13-24-19)17-8-4-9-18(14-17)23-15-16-6-2-1-3-7-16/h1-10,13-14H,11-12,15H2,(H,21,22). The molecule has 1 heterocycles. The number of hydrogen-bond donors (Lipinski definition) is 1. The molecule has 24 heavy (non-hydrogen) atoms. The van der Waals surface area contributed by atoms with Gasteiger partial charge in [0.2, 0.25) is 0 Å². The van der Waals surface area contributed by atoms with Crippen molar-refractivity contribution >= 4 is 17.2 Å². The summed E-state index contributed by atoms with van der Waals surface area (Å²) in [6, 6.07) is 21.4. The molecule has 0 spiro atoms. The minimum absolute atomic E-state index is 0.0725. The van der Waals surface area contributed by atoms with E-state index < -0.39 is 0 Å². The molecule has 3 aromatic rings. The molecule has 0 aliphatic carbocycles. The highest BCUT2D eigenvalue weighted by Gasteiger charge is 2.06. The molecule has 0 atom stereocenters. The van der Waals surface area contributed by atoms with Gasteiger partial charge in [-0.05, 0) is 41.6 Å². The molecule has 0 unspecified atom stereocenters. The summed E-state index contributed by atoms with van der Waals surface area (Å²) in [5.41, 5.74) is 1.72. The molecule has 1 aromatic heterocycles. The number of thiophene rings is 1. The van der Waals surface area contributed by atoms with E-state index in [0.717, 1.165) is 12.0 Å². The molecule has 1 N–H and O–H groups in total. The van der Waals surface area contributed by atoms with Gasteiger partial charge in [0, 0.05) is 17.0 Å². The lowest BCUT2D eigenvalue weighted by atomic mass is 10.2. The van der Waals surface area contributed by atoms with E-state index in [2.05, 4.69) is 11.4 Å². The maximum Gasteiger partial charge on any atom is 0.251 e. The van der Waals surface area contributed by atoms with Gasteiger partial charge >= 0.3 is 0 Å². The molecule has 0 fully saturated rings. The molecule has 1 amide bonds. The number of carbonyl (C=O) groups excluding carboxylic acids is 1. The summed E-state index contributed by atoms with van der Waals surface area (Å²) in [4.78, 5) is 13.5. The summed E-state index contributed by atoms with van der Waals surface area (Å²) < 4.78 is 5.77. The highest BCUT2D eigenvalue weighted by Crippen LogP contribution is 2.15. The largest absolute Gasteiger partial charge is 0.489 e. The van der Waals surface area contributed by atoms with Crippen LogP contribution in [0, 0.1) is 0 Å². The van der Waals surface area contributed by atoms with Crippen LogP contribution in [0.5, 0.6) is 5.75 Å². The minimum Gasteiger partial charge on any atom is -0.489 e. The van der Waals surface area contributed by atoms with Crippen molar-refractivity contribution in [2.24, 2.45) is 0 Å². The minimum atomic E-state index is -0.0725. The molecule has 0 saturated carbocycles. The maximum atomic E-state index is 12.2. The van der Waals surface area contributed by atoms with Gasteiger partial charge in [0.15, 0.2) is 0 Å². The zero-order chi connectivity index (χ0) is 16.6. The van der Waals surface area contributed by atoms with Crippen LogP contribution in [0.4, 0.5) is 0 Å². The average Bonchev–Trinajstić information content (AvgIpc) is 3.14. The van der Waals surface area contributed by atoms with Crippen LogP contribution >= 0.6 is 11.3 Å². The number of hydrogen-bond acceptors (Lipinski definition) is 3. The fourth-order valence-corrected chi connectivity index (χ4v) is 3.03. The third-order valence-corrected chi connectivity index (χ3v) is 4.52. The Labute approximate surface area is 145 Å². The fraction of sp³-hybridized carbons (Fsp3) is 0.150. The Morgan fingerprint density at radius 3 is 2.67 bits per heavy atom. The van der Waals surface area contributed by atoms with Gasteiger partial charge in [-0.1, -0.05) is 42.5 Å². The Balaban J connectivity index is 1.53. The van der Waals surface area contributed by atoms with Crippen LogP contribution in [-0.4, -0.2) is 12.5 Å². The molecular formula is C20H19NO2S. The molecule has 0 radical (unpaired) electrons. The van der Waals surface area contributed by atoms with Crippen molar-refractivity contribution in [3.05, 3.63) is 88.1 Å². The summed E-state index contributed by atoms with van der Waals surface area (Å²) in [5, 5.41) is 5.00. The lowest BCUT2D eigenvalue weighted by Crippen LogP contribution is -2.25. The van der Waals surface area contributed by atoms with Crippen molar-refractivity contribution in [2.45, 2.75) is 13.0 Å². The summed E-state index contributed by atoms with van der Waals surface area (Å²) in [6.45, 7) is 1.12. The van der Waals surface area contributed by atoms with E-state index in [9.17, 15) is 4.79 Å². The van der Waals surface area contributed by atoms with Crippen molar-refractivity contribution in [3.63, 3.8) is 0 Å². The van der Waals surface area contributed by atoms with Crippen LogP contribution in [0.25, 0.3) is 0 Å². The van der Waals surface area contributed by atoms with E-state index in [1.807, 2.05) is 53.9 Å². The van der Waals surface area contributed by atoms with Gasteiger partial charge in [-0.25, -0.2) is 0 Å². The van der Waals surface area contributed by atoms with Crippen LogP contribution < -0.4 is 10.1 Å². The van der Waals surface area contributed by atoms with E-state index in [1.54, 1.807) is 23.5 Å². The summed E-state index contributed by atoms with van der Waals surface area (Å²) in [6.07, 6.45) is 0.855. The van der Waals surface area contributed by atoms with Crippen molar-refractivity contribution in [1.29, 1.82) is 0 Å². The number of amides is 1. The highest BCUT2D eigenvalue weighted by atomic mass is 32.1. The highest BCUT2D eigenvalue weighted by molar-refractivity contribution is 7.09. The third-order valence-electron chi connectivity index (χ3n) is 3.58. The van der Waals surface area contributed by atoms with E-state index >= 15 is 0 Å². The Morgan fingerprint density at radius 1 is 1.00 bits per heavy atom. The first-order valence-corrected chi connectivity index (χ1v) is 8.76. The topological polar surface area (TPSA) is 38.3 Å². The second-order valence-electron chi connectivity index (χ2n) is 5.39. The molecule has 4 heteroatoms. The lowest BCUT2D eigenvalue weighted by molar-refractivity contribution is 0.0953. The monoisotopic (exact) mass is 337 g/mol. The van der Waals surface area contributed by atoms with Crippen molar-refractivity contribution in [2.75, 3.05) is 6.54 Å². The van der Waals surface area contributed by atoms with Crippen molar-refractivity contribution in [3.8, 4) is 5.75 Å². The smallest absolute Gasteiger partial charge is 0.251 e. The lowest BCUT2D eigenvalue weighted by Gasteiger charge is -2.09. The van der Waals surface area contributed by atoms with Gasteiger partial charge in [0.25, 0.3) is 5.91 Å². The quantitative estimate of drug-likeness (QED) is 0.698. The number of nitrogens with one attached hydrogen (secondary N) is 1. The zero-order valence-electron chi connectivity index (χ0n) is 13.3. The van der Waals surface area contributed by atoms with Crippen molar-refractivity contribution in [1.82, 2.24) is 5.32 Å². The second kappa shape index (κ2) is 8.31. The molecule has 0 aliphatic heterocycles. The van der Waals surface area contributed by atoms with Gasteiger partial charge in [-0.2, -0.15) is 0 Å². The van der Waals surface area contributed by atoms with E-state index in [4.69, 9.17) is 4.74 Å². The Bertz CT molecular complexity index is 769. The van der Waals surface area contributed by atoms with E-state index in [-0.39, 0.29) is 5.91 Å². The third kappa shape index (κ3) is 4.70. The van der Waals surface area contributed by atoms with Gasteiger partial charge in [-0.3, -0.25) is 4.79 Å². The SMILES string of the molecule is O=C(NCCc1cccs1)c1cccc(OCc2ccccc2)c1. The van der Waals surface area contributed by atoms with Crippen LogP contribution in [-0.2, 0) is 13.0 Å². The number of carbonyl (C=O) groups is 1. The average molecular weight is 337 g/mol. The number of benzene rings is 2. The summed E-state index contributed by atoms with van der Waals surface area (Å²) >= 11 is 1.71. The normalized spacial score (nSPS) is 10.3. The molecule has 0 saturated heterocycles. The predicted octanol–water partition coefficient (Wildman–Crippen LogP) is 4.30. The van der Waals surface area contributed by atoms with Crippen LogP contribution in [0.15, 0.2) is 72.1 Å². The fourth-order valence-electron chi connectivity index (χ4n) is 2.32. The first-order valence-electron chi connectivity index (χ1n) is 7.88. The molecule has 3 rings (SSSR count). The molecule has 122 valence electrons. The number of ether oxygens (including phenoxy) is 1. The maximum absolute atomic E-state index is 12.2. The molecule has 0 aliphatic rings. The Kier molecular flexibility index (Phi) is 5.64. The van der Waals surface area contributed by atoms with Gasteiger partial charge in [0.05, 0.1) is 0 Å². The van der Waals surface area contributed by atoms with E-state index in [0.29, 0.717) is 24.5 Å². The molecule has 3 nitrogen and oxygen atoms in total.